The van der Waals surface area contributed by atoms with Crippen LogP contribution in [-0.4, -0.2) is 32.8 Å². The molecule has 1 unspecified atom stereocenters. The lowest BCUT2D eigenvalue weighted by molar-refractivity contribution is -0.119. The van der Waals surface area contributed by atoms with Crippen LogP contribution in [0.3, 0.4) is 0 Å². The van der Waals surface area contributed by atoms with Crippen molar-refractivity contribution in [1.29, 1.82) is 0 Å². The monoisotopic (exact) mass is 565 g/mol. The summed E-state index contributed by atoms with van der Waals surface area (Å²) in [5.74, 6) is -0.488. The Kier molecular flexibility index (Phi) is 9.82. The number of benzene rings is 3. The zero-order chi connectivity index (χ0) is 26.9. The van der Waals surface area contributed by atoms with Crippen LogP contribution < -0.4 is 10.2 Å². The smallest absolute Gasteiger partial charge is 0.252 e. The van der Waals surface area contributed by atoms with Crippen LogP contribution in [0.1, 0.15) is 28.3 Å². The van der Waals surface area contributed by atoms with E-state index in [1.165, 1.54) is 4.90 Å². The van der Waals surface area contributed by atoms with Gasteiger partial charge in [0.1, 0.15) is 6.04 Å². The van der Waals surface area contributed by atoms with Crippen molar-refractivity contribution < 1.29 is 19.1 Å². The van der Waals surface area contributed by atoms with E-state index >= 15 is 0 Å². The number of aryl methyl sites for hydroxylation is 2. The minimum atomic E-state index is -1.15. The largest absolute Gasteiger partial charge is 0.356 e. The number of nitrogens with one attached hydrogen (secondary N) is 1. The predicted molar refractivity (Wildman–Crippen MR) is 147 cm³/mol. The van der Waals surface area contributed by atoms with Gasteiger partial charge in [-0.15, -0.1) is 0 Å². The standard InChI is InChI=1S/C27H28BrN5O4/c1-17-11-18(2)13-21(12-17)33(16-34)26(22-15-20(28)9-10-24(22)31-32-29)27(35)30-23-8-6-5-7-19(23)14-25(36-3)37-4/h5-13,15-16,25-26H,14H2,1-4H3,(H,30,35). The zero-order valence-corrected chi connectivity index (χ0v) is 22.6. The summed E-state index contributed by atoms with van der Waals surface area (Å²) >= 11 is 3.44. The Labute approximate surface area is 224 Å². The molecule has 0 fully saturated rings. The van der Waals surface area contributed by atoms with Crippen LogP contribution in [-0.2, 0) is 25.5 Å². The molecule has 0 aromatic heterocycles. The lowest BCUT2D eigenvalue weighted by Gasteiger charge is -2.30. The van der Waals surface area contributed by atoms with E-state index in [-0.39, 0.29) is 5.69 Å². The molecule has 0 saturated heterocycles. The fraction of sp³-hybridized carbons (Fsp3) is 0.259. The number of carbonyl (C=O) groups is 2. The van der Waals surface area contributed by atoms with Gasteiger partial charge < -0.3 is 14.8 Å². The number of amides is 2. The first-order valence-electron chi connectivity index (χ1n) is 11.4. The van der Waals surface area contributed by atoms with Crippen LogP contribution in [0, 0.1) is 13.8 Å². The van der Waals surface area contributed by atoms with Crippen molar-refractivity contribution in [3.63, 3.8) is 0 Å². The highest BCUT2D eigenvalue weighted by Gasteiger charge is 2.31. The highest BCUT2D eigenvalue weighted by Crippen LogP contribution is 2.36. The SMILES string of the molecule is COC(Cc1ccccc1NC(=O)C(c1cc(Br)ccc1N=[N+]=[N-])N(C=O)c1cc(C)cc(C)c1)OC. The number of azide groups is 1. The van der Waals surface area contributed by atoms with Gasteiger partial charge in [-0.2, -0.15) is 0 Å². The number of methoxy groups -OCH3 is 2. The third-order valence-corrected chi connectivity index (χ3v) is 6.26. The summed E-state index contributed by atoms with van der Waals surface area (Å²) in [6, 6.07) is 16.7. The first-order valence-corrected chi connectivity index (χ1v) is 12.2. The average Bonchev–Trinajstić information content (AvgIpc) is 2.87. The maximum atomic E-state index is 14.0. The summed E-state index contributed by atoms with van der Waals surface area (Å²) in [5, 5.41) is 6.75. The van der Waals surface area contributed by atoms with E-state index in [0.29, 0.717) is 34.2 Å². The lowest BCUT2D eigenvalue weighted by atomic mass is 10.00. The molecule has 0 aliphatic rings. The highest BCUT2D eigenvalue weighted by molar-refractivity contribution is 9.10. The van der Waals surface area contributed by atoms with Crippen molar-refractivity contribution >= 4 is 45.3 Å². The molecule has 0 heterocycles. The summed E-state index contributed by atoms with van der Waals surface area (Å²) in [7, 11) is 3.09. The molecular weight excluding hydrogens is 538 g/mol. The number of rotatable bonds is 11. The maximum absolute atomic E-state index is 14.0. The summed E-state index contributed by atoms with van der Waals surface area (Å²) in [5.41, 5.74) is 13.5. The average molecular weight is 566 g/mol. The van der Waals surface area contributed by atoms with E-state index < -0.39 is 18.2 Å². The number of anilines is 2. The first kappa shape index (κ1) is 27.9. The summed E-state index contributed by atoms with van der Waals surface area (Å²) in [6.07, 6.45) is 0.498. The van der Waals surface area contributed by atoms with Gasteiger partial charge in [-0.3, -0.25) is 14.5 Å². The van der Waals surface area contributed by atoms with E-state index in [1.54, 1.807) is 44.6 Å². The van der Waals surface area contributed by atoms with Gasteiger partial charge >= 0.3 is 0 Å². The van der Waals surface area contributed by atoms with Gasteiger partial charge in [-0.1, -0.05) is 51.4 Å². The zero-order valence-electron chi connectivity index (χ0n) is 21.0. The number of hydrogen-bond acceptors (Lipinski definition) is 5. The quantitative estimate of drug-likeness (QED) is 0.0936. The van der Waals surface area contributed by atoms with Gasteiger partial charge in [0.25, 0.3) is 5.91 Å². The van der Waals surface area contributed by atoms with Crippen molar-refractivity contribution in [3.8, 4) is 0 Å². The lowest BCUT2D eigenvalue weighted by Crippen LogP contribution is -2.37. The van der Waals surface area contributed by atoms with E-state index in [1.807, 2.05) is 44.2 Å². The molecule has 1 atom stereocenters. The topological polar surface area (TPSA) is 117 Å². The number of para-hydroxylation sites is 1. The van der Waals surface area contributed by atoms with Crippen LogP contribution in [0.4, 0.5) is 17.1 Å². The Bertz CT molecular complexity index is 1300. The first-order chi connectivity index (χ1) is 17.8. The normalized spacial score (nSPS) is 11.5. The van der Waals surface area contributed by atoms with E-state index in [2.05, 4.69) is 31.3 Å². The molecule has 0 bridgehead atoms. The minimum absolute atomic E-state index is 0.231. The number of ether oxygens (including phenoxy) is 2. The molecule has 0 saturated carbocycles. The fourth-order valence-electron chi connectivity index (χ4n) is 4.14. The second-order valence-corrected chi connectivity index (χ2v) is 9.32. The molecule has 10 heteroatoms. The Balaban J connectivity index is 2.14. The third-order valence-electron chi connectivity index (χ3n) is 5.77. The van der Waals surface area contributed by atoms with Crippen molar-refractivity contribution in [1.82, 2.24) is 0 Å². The second kappa shape index (κ2) is 13.0. The van der Waals surface area contributed by atoms with Crippen LogP contribution in [0.2, 0.25) is 0 Å². The van der Waals surface area contributed by atoms with Crippen molar-refractivity contribution in [2.24, 2.45) is 5.11 Å². The maximum Gasteiger partial charge on any atom is 0.252 e. The summed E-state index contributed by atoms with van der Waals surface area (Å²) in [4.78, 5) is 30.8. The van der Waals surface area contributed by atoms with Crippen molar-refractivity contribution in [2.75, 3.05) is 24.4 Å². The summed E-state index contributed by atoms with van der Waals surface area (Å²) < 4.78 is 11.3. The van der Waals surface area contributed by atoms with Crippen LogP contribution in [0.5, 0.6) is 0 Å². The molecule has 2 amide bonds. The molecule has 192 valence electrons. The highest BCUT2D eigenvalue weighted by atomic mass is 79.9. The Morgan fingerprint density at radius 2 is 1.78 bits per heavy atom. The van der Waals surface area contributed by atoms with Gasteiger partial charge in [0.15, 0.2) is 6.29 Å². The predicted octanol–water partition coefficient (Wildman–Crippen LogP) is 6.51. The van der Waals surface area contributed by atoms with E-state index in [4.69, 9.17) is 15.0 Å². The number of halogens is 1. The molecular formula is C27H28BrN5O4. The molecule has 9 nitrogen and oxygen atoms in total. The molecule has 37 heavy (non-hydrogen) atoms. The molecule has 3 aromatic carbocycles. The van der Waals surface area contributed by atoms with Gasteiger partial charge in [-0.25, -0.2) is 0 Å². The summed E-state index contributed by atoms with van der Waals surface area (Å²) in [6.45, 7) is 3.83. The molecule has 0 aliphatic carbocycles. The van der Waals surface area contributed by atoms with Gasteiger partial charge in [0.05, 0.1) is 0 Å². The van der Waals surface area contributed by atoms with Crippen LogP contribution in [0.25, 0.3) is 10.4 Å². The Hall–Kier alpha value is -3.69. The molecule has 0 spiro atoms. The van der Waals surface area contributed by atoms with Crippen LogP contribution in [0.15, 0.2) is 70.3 Å². The van der Waals surface area contributed by atoms with Gasteiger partial charge in [-0.05, 0) is 72.0 Å². The molecule has 3 rings (SSSR count). The van der Waals surface area contributed by atoms with Crippen molar-refractivity contribution in [3.05, 3.63) is 97.8 Å². The van der Waals surface area contributed by atoms with Crippen LogP contribution >= 0.6 is 15.9 Å². The molecule has 3 aromatic rings. The molecule has 1 N–H and O–H groups in total. The van der Waals surface area contributed by atoms with Crippen molar-refractivity contribution in [2.45, 2.75) is 32.6 Å². The van der Waals surface area contributed by atoms with E-state index in [0.717, 1.165) is 16.7 Å². The number of carbonyl (C=O) groups excluding carboxylic acids is 2. The van der Waals surface area contributed by atoms with Gasteiger partial charge in [0, 0.05) is 47.1 Å². The number of nitrogens with zero attached hydrogens (tertiary/aromatic N) is 4. The van der Waals surface area contributed by atoms with E-state index in [9.17, 15) is 9.59 Å². The Morgan fingerprint density at radius 3 is 2.41 bits per heavy atom. The number of hydrogen-bond donors (Lipinski definition) is 1. The fourth-order valence-corrected chi connectivity index (χ4v) is 4.51. The second-order valence-electron chi connectivity index (χ2n) is 8.41. The molecule has 0 aliphatic heterocycles. The minimum Gasteiger partial charge on any atom is -0.356 e. The molecule has 0 radical (unpaired) electrons. The third kappa shape index (κ3) is 6.96. The Morgan fingerprint density at radius 1 is 1.11 bits per heavy atom. The van der Waals surface area contributed by atoms with Gasteiger partial charge in [0.2, 0.25) is 6.41 Å².